The molecule has 1 N–H and O–H groups in total. The molecule has 2 amide bonds. The van der Waals surface area contributed by atoms with Gasteiger partial charge in [0, 0.05) is 37.3 Å². The number of carbonyl (C=O) groups is 2. The second-order valence-electron chi connectivity index (χ2n) is 10.2. The van der Waals surface area contributed by atoms with E-state index in [1.165, 1.54) is 6.92 Å². The topological polar surface area (TPSA) is 54.8 Å². The fourth-order valence-corrected chi connectivity index (χ4v) is 5.00. The number of H-pyrrole nitrogens is 1. The maximum absolute atomic E-state index is 14.3. The summed E-state index contributed by atoms with van der Waals surface area (Å²) < 4.78 is 87.4. The second kappa shape index (κ2) is 10.6. The minimum absolute atomic E-state index is 0.122. The number of carbonyl (C=O) groups excluding carboxylic acids is 2. The van der Waals surface area contributed by atoms with Crippen molar-refractivity contribution in [2.75, 3.05) is 26.2 Å². The molecule has 2 unspecified atom stereocenters. The van der Waals surface area contributed by atoms with Crippen LogP contribution in [0.4, 0.5) is 34.0 Å². The van der Waals surface area contributed by atoms with Gasteiger partial charge >= 0.3 is 33.0 Å². The van der Waals surface area contributed by atoms with Crippen LogP contribution in [0.5, 0.6) is 0 Å². The molecule has 2 fully saturated rings. The number of likely N-dealkylation sites (tertiary alicyclic amines) is 2. The van der Waals surface area contributed by atoms with Gasteiger partial charge in [-0.15, -0.1) is 0 Å². The summed E-state index contributed by atoms with van der Waals surface area (Å²) in [5.74, 6) is -1.01. The summed E-state index contributed by atoms with van der Waals surface area (Å²) in [6.07, 6.45) is 6.91. The van der Waals surface area contributed by atoms with Crippen LogP contribution in [0.2, 0.25) is 0 Å². The summed E-state index contributed by atoms with van der Waals surface area (Å²) in [4.78, 5) is 32.3. The van der Waals surface area contributed by atoms with E-state index in [-0.39, 0.29) is 23.0 Å². The summed E-state index contributed by atoms with van der Waals surface area (Å²) >= 11 is 0. The minimum atomic E-state index is -10.7. The number of aryl methyl sites for hydroxylation is 2. The van der Waals surface area contributed by atoms with Crippen molar-refractivity contribution in [3.63, 3.8) is 0 Å². The second-order valence-corrected chi connectivity index (χ2v) is 12.1. The Morgan fingerprint density at radius 3 is 2.13 bits per heavy atom. The summed E-state index contributed by atoms with van der Waals surface area (Å²) in [7, 11) is -10.7. The third-order valence-electron chi connectivity index (χ3n) is 6.82. The van der Waals surface area contributed by atoms with Crippen LogP contribution in [0, 0.1) is 37.3 Å². The average Bonchev–Trinajstić information content (AvgIpc) is 3.29. The van der Waals surface area contributed by atoms with Crippen LogP contribution in [0.1, 0.15) is 46.3 Å². The molecule has 0 aliphatic carbocycles. The third kappa shape index (κ3) is 10.0. The first kappa shape index (κ1) is 30.7. The number of aromatic amines is 1. The van der Waals surface area contributed by atoms with Crippen molar-refractivity contribution in [3.8, 4) is 0 Å². The number of nitrogens with one attached hydrogen (secondary N) is 1. The molecular formula is C25H30F8N3O2P. The van der Waals surface area contributed by atoms with E-state index in [4.69, 9.17) is 0 Å². The molecule has 2 aromatic rings. The van der Waals surface area contributed by atoms with E-state index < -0.39 is 25.4 Å². The van der Waals surface area contributed by atoms with Crippen LogP contribution in [-0.2, 0) is 11.2 Å². The van der Waals surface area contributed by atoms with Crippen molar-refractivity contribution in [1.29, 1.82) is 0 Å². The van der Waals surface area contributed by atoms with Crippen molar-refractivity contribution < 1.29 is 48.5 Å². The molecule has 218 valence electrons. The first-order valence-electron chi connectivity index (χ1n) is 12.3. The molecule has 1 aromatic carbocycles. The zero-order chi connectivity index (χ0) is 29.2. The fourth-order valence-electron chi connectivity index (χ4n) is 5.00. The van der Waals surface area contributed by atoms with Gasteiger partial charge in [-0.25, -0.2) is 13.8 Å². The van der Waals surface area contributed by atoms with Gasteiger partial charge in [-0.05, 0) is 68.7 Å². The number of piperidine rings is 1. The molecule has 4 rings (SSSR count). The van der Waals surface area contributed by atoms with Crippen molar-refractivity contribution in [3.05, 3.63) is 64.5 Å². The van der Waals surface area contributed by atoms with Gasteiger partial charge in [-0.3, -0.25) is 9.59 Å². The van der Waals surface area contributed by atoms with E-state index in [0.29, 0.717) is 32.0 Å². The normalized spacial score (nSPS) is 21.5. The van der Waals surface area contributed by atoms with Gasteiger partial charge in [0.15, 0.2) is 12.4 Å². The monoisotopic (exact) mass is 587 g/mol. The van der Waals surface area contributed by atoms with Gasteiger partial charge in [0.25, 0.3) is 5.91 Å². The van der Waals surface area contributed by atoms with Gasteiger partial charge in [0.2, 0.25) is 5.91 Å². The molecular weight excluding hydrogens is 557 g/mol. The molecule has 0 bridgehead atoms. The van der Waals surface area contributed by atoms with Gasteiger partial charge in [0.1, 0.15) is 11.6 Å². The van der Waals surface area contributed by atoms with Gasteiger partial charge < -0.3 is 9.80 Å². The molecule has 39 heavy (non-hydrogen) atoms. The summed E-state index contributed by atoms with van der Waals surface area (Å²) in [6, 6.07) is 4.10. The SMILES string of the molecule is Cc1c[nH+]cc(CC(=O)N2CCCC(C3CCN(C(=O)c4cc(F)c(C)cc4F)C3)C2)c1.F[P-](F)(F)(F)(F)F. The standard InChI is InChI=1S/C25H29F2N3O2.F6P/c1-16-8-18(13-28-12-16)10-24(31)29-6-3-4-19(14-29)20-5-7-30(15-20)25(32)21-11-22(26)17(2)9-23(21)27;1-7(2,3,4,5)6/h8-9,11-13,19-20H,3-7,10,14-15H2,1-2H3;/q;-1/p+1. The molecule has 2 saturated heterocycles. The van der Waals surface area contributed by atoms with E-state index in [0.717, 1.165) is 49.1 Å². The molecule has 0 spiro atoms. The van der Waals surface area contributed by atoms with E-state index in [9.17, 15) is 43.6 Å². The number of nitrogens with zero attached hydrogens (tertiary/aromatic N) is 2. The Balaban J connectivity index is 0.000000532. The molecule has 3 heterocycles. The van der Waals surface area contributed by atoms with E-state index in [2.05, 4.69) is 4.98 Å². The quantitative estimate of drug-likeness (QED) is 0.295. The van der Waals surface area contributed by atoms with Crippen LogP contribution in [0.25, 0.3) is 0 Å². The first-order valence-corrected chi connectivity index (χ1v) is 14.4. The molecule has 2 atom stereocenters. The zero-order valence-corrected chi connectivity index (χ0v) is 22.3. The maximum atomic E-state index is 14.3. The van der Waals surface area contributed by atoms with Crippen LogP contribution < -0.4 is 4.98 Å². The van der Waals surface area contributed by atoms with Gasteiger partial charge in [-0.2, -0.15) is 0 Å². The van der Waals surface area contributed by atoms with E-state index >= 15 is 0 Å². The predicted octanol–water partition coefficient (Wildman–Crippen LogP) is 6.72. The summed E-state index contributed by atoms with van der Waals surface area (Å²) in [5, 5.41) is 0. The number of benzene rings is 1. The van der Waals surface area contributed by atoms with Gasteiger partial charge in [0.05, 0.1) is 12.0 Å². The number of hydrogen-bond acceptors (Lipinski definition) is 2. The predicted molar refractivity (Wildman–Crippen MR) is 129 cm³/mol. The van der Waals surface area contributed by atoms with Crippen LogP contribution in [0.3, 0.4) is 0 Å². The van der Waals surface area contributed by atoms with E-state index in [1.807, 2.05) is 30.3 Å². The molecule has 0 radical (unpaired) electrons. The first-order chi connectivity index (χ1) is 17.8. The Morgan fingerprint density at radius 2 is 1.49 bits per heavy atom. The Kier molecular flexibility index (Phi) is 8.37. The Hall–Kier alpha value is -2.82. The zero-order valence-electron chi connectivity index (χ0n) is 21.4. The molecule has 5 nitrogen and oxygen atoms in total. The molecule has 2 aliphatic heterocycles. The van der Waals surface area contributed by atoms with Crippen LogP contribution in [-0.4, -0.2) is 47.8 Å². The van der Waals surface area contributed by atoms with Crippen molar-refractivity contribution >= 4 is 19.6 Å². The molecule has 2 aliphatic rings. The summed E-state index contributed by atoms with van der Waals surface area (Å²) in [5.41, 5.74) is 2.05. The molecule has 0 saturated carbocycles. The number of halogens is 8. The van der Waals surface area contributed by atoms with Crippen molar-refractivity contribution in [1.82, 2.24) is 9.80 Å². The Morgan fingerprint density at radius 1 is 0.872 bits per heavy atom. The Bertz CT molecular complexity index is 1230. The number of amides is 2. The number of rotatable bonds is 4. The van der Waals surface area contributed by atoms with Gasteiger partial charge in [-0.1, -0.05) is 0 Å². The average molecular weight is 587 g/mol. The molecule has 14 heteroatoms. The van der Waals surface area contributed by atoms with Crippen LogP contribution >= 0.6 is 7.81 Å². The number of hydrogen-bond donors (Lipinski definition) is 0. The third-order valence-corrected chi connectivity index (χ3v) is 6.82. The number of aromatic nitrogens is 1. The van der Waals surface area contributed by atoms with E-state index in [1.54, 1.807) is 4.90 Å². The van der Waals surface area contributed by atoms with Crippen molar-refractivity contribution in [2.24, 2.45) is 11.8 Å². The van der Waals surface area contributed by atoms with Crippen molar-refractivity contribution in [2.45, 2.75) is 39.5 Å². The number of pyridine rings is 1. The fraction of sp³-hybridized carbons (Fsp3) is 0.480. The van der Waals surface area contributed by atoms with Crippen LogP contribution in [0.15, 0.2) is 30.6 Å². The Labute approximate surface area is 220 Å². The summed E-state index contributed by atoms with van der Waals surface area (Å²) in [6.45, 7) is 5.97. The molecule has 1 aromatic heterocycles.